The van der Waals surface area contributed by atoms with Gasteiger partial charge < -0.3 is 14.7 Å². The van der Waals surface area contributed by atoms with Gasteiger partial charge in [-0.2, -0.15) is 0 Å². The van der Waals surface area contributed by atoms with Crippen LogP contribution in [0, 0.1) is 0 Å². The van der Waals surface area contributed by atoms with E-state index in [2.05, 4.69) is 0 Å². The highest BCUT2D eigenvalue weighted by Crippen LogP contribution is 2.29. The molecule has 1 aromatic carbocycles. The fourth-order valence-corrected chi connectivity index (χ4v) is 2.77. The van der Waals surface area contributed by atoms with Crippen LogP contribution in [0.4, 0.5) is 0 Å². The molecule has 4 nitrogen and oxygen atoms in total. The van der Waals surface area contributed by atoms with Gasteiger partial charge in [-0.1, -0.05) is 11.6 Å². The largest absolute Gasteiger partial charge is 0.490 e. The second kappa shape index (κ2) is 5.62. The van der Waals surface area contributed by atoms with Gasteiger partial charge in [-0.25, -0.2) is 0 Å². The maximum absolute atomic E-state index is 12.3. The highest BCUT2D eigenvalue weighted by molar-refractivity contribution is 6.34. The van der Waals surface area contributed by atoms with Gasteiger partial charge >= 0.3 is 0 Å². The van der Waals surface area contributed by atoms with E-state index in [1.807, 2.05) is 0 Å². The molecule has 1 N–H and O–H groups in total. The van der Waals surface area contributed by atoms with Gasteiger partial charge in [0.05, 0.1) is 22.8 Å². The maximum atomic E-state index is 12.3. The van der Waals surface area contributed by atoms with Crippen LogP contribution >= 0.6 is 11.6 Å². The number of hydrogen-bond donors (Lipinski definition) is 1. The van der Waals surface area contributed by atoms with Gasteiger partial charge in [0, 0.05) is 13.1 Å². The standard InChI is InChI=1S/C15H18ClNO3/c16-14-8-12(20-11-2-1-3-11)4-5-13(14)15(19)17-7-6-10(18)9-17/h4-5,8,10-11,18H,1-3,6-7,9H2/t10-/m1/s1. The second-order valence-corrected chi connectivity index (χ2v) is 5.91. The molecule has 1 saturated carbocycles. The van der Waals surface area contributed by atoms with Crippen molar-refractivity contribution in [3.05, 3.63) is 28.8 Å². The van der Waals surface area contributed by atoms with Crippen molar-refractivity contribution in [3.8, 4) is 5.75 Å². The van der Waals surface area contributed by atoms with Crippen molar-refractivity contribution in [2.24, 2.45) is 0 Å². The SMILES string of the molecule is O=C(c1ccc(OC2CCC2)cc1Cl)N1CC[C@@H](O)C1. The Kier molecular flexibility index (Phi) is 3.85. The molecule has 1 saturated heterocycles. The molecule has 1 heterocycles. The Morgan fingerprint density at radius 3 is 2.70 bits per heavy atom. The molecule has 2 fully saturated rings. The first-order valence-corrected chi connectivity index (χ1v) is 7.45. The Morgan fingerprint density at radius 2 is 2.15 bits per heavy atom. The van der Waals surface area contributed by atoms with Gasteiger partial charge in [0.2, 0.25) is 0 Å². The Morgan fingerprint density at radius 1 is 1.35 bits per heavy atom. The molecule has 0 bridgehead atoms. The van der Waals surface area contributed by atoms with Crippen LogP contribution in [0.1, 0.15) is 36.0 Å². The van der Waals surface area contributed by atoms with Crippen molar-refractivity contribution in [1.29, 1.82) is 0 Å². The number of aliphatic hydroxyl groups is 1. The summed E-state index contributed by atoms with van der Waals surface area (Å²) < 4.78 is 5.76. The van der Waals surface area contributed by atoms with Crippen molar-refractivity contribution in [2.45, 2.75) is 37.9 Å². The first-order valence-electron chi connectivity index (χ1n) is 7.07. The number of halogens is 1. The second-order valence-electron chi connectivity index (χ2n) is 5.51. The number of β-amino-alcohol motifs (C(OH)–C–C–N with tert-alkyl or cyclic N) is 1. The van der Waals surface area contributed by atoms with Crippen LogP contribution in [0.15, 0.2) is 18.2 Å². The fraction of sp³-hybridized carbons (Fsp3) is 0.533. The number of likely N-dealkylation sites (tertiary alicyclic amines) is 1. The lowest BCUT2D eigenvalue weighted by atomic mass is 9.96. The van der Waals surface area contributed by atoms with Crippen LogP contribution in [-0.4, -0.2) is 41.2 Å². The molecule has 0 spiro atoms. The minimum atomic E-state index is -0.418. The molecule has 1 amide bonds. The van der Waals surface area contributed by atoms with Gasteiger partial charge in [-0.3, -0.25) is 4.79 Å². The Balaban J connectivity index is 1.71. The van der Waals surface area contributed by atoms with Crippen LogP contribution in [0.25, 0.3) is 0 Å². The zero-order valence-corrected chi connectivity index (χ0v) is 12.0. The molecule has 1 aliphatic carbocycles. The minimum absolute atomic E-state index is 0.123. The molecule has 0 unspecified atom stereocenters. The molecular formula is C15H18ClNO3. The number of hydrogen-bond acceptors (Lipinski definition) is 3. The number of nitrogens with zero attached hydrogens (tertiary/aromatic N) is 1. The highest BCUT2D eigenvalue weighted by atomic mass is 35.5. The third-order valence-electron chi connectivity index (χ3n) is 3.98. The van der Waals surface area contributed by atoms with Crippen LogP contribution in [-0.2, 0) is 0 Å². The van der Waals surface area contributed by atoms with Gasteiger partial charge in [-0.15, -0.1) is 0 Å². The van der Waals surface area contributed by atoms with Crippen molar-refractivity contribution in [2.75, 3.05) is 13.1 Å². The average molecular weight is 296 g/mol. The van der Waals surface area contributed by atoms with E-state index in [9.17, 15) is 9.90 Å². The van der Waals surface area contributed by atoms with E-state index in [1.54, 1.807) is 23.1 Å². The van der Waals surface area contributed by atoms with E-state index < -0.39 is 6.10 Å². The first kappa shape index (κ1) is 13.7. The van der Waals surface area contributed by atoms with Crippen LogP contribution in [0.5, 0.6) is 5.75 Å². The lowest BCUT2D eigenvalue weighted by molar-refractivity contribution is 0.0765. The molecule has 0 aromatic heterocycles. The van der Waals surface area contributed by atoms with Crippen LogP contribution in [0.2, 0.25) is 5.02 Å². The Labute approximate surface area is 123 Å². The molecule has 3 rings (SSSR count). The van der Waals surface area contributed by atoms with Crippen molar-refractivity contribution >= 4 is 17.5 Å². The summed E-state index contributed by atoms with van der Waals surface area (Å²) >= 11 is 6.19. The number of ether oxygens (including phenoxy) is 1. The summed E-state index contributed by atoms with van der Waals surface area (Å²) in [6.45, 7) is 0.964. The zero-order chi connectivity index (χ0) is 14.1. The molecule has 2 aliphatic rings. The molecule has 1 aromatic rings. The van der Waals surface area contributed by atoms with Crippen molar-refractivity contribution < 1.29 is 14.6 Å². The van der Waals surface area contributed by atoms with Crippen LogP contribution < -0.4 is 4.74 Å². The first-order chi connectivity index (χ1) is 9.63. The zero-order valence-electron chi connectivity index (χ0n) is 11.2. The van der Waals surface area contributed by atoms with Gasteiger partial charge in [-0.05, 0) is 43.9 Å². The van der Waals surface area contributed by atoms with Gasteiger partial charge in [0.25, 0.3) is 5.91 Å². The summed E-state index contributed by atoms with van der Waals surface area (Å²) in [7, 11) is 0. The Hall–Kier alpha value is -1.26. The van der Waals surface area contributed by atoms with Crippen molar-refractivity contribution in [1.82, 2.24) is 4.90 Å². The normalized spacial score (nSPS) is 22.7. The summed E-state index contributed by atoms with van der Waals surface area (Å²) in [6.07, 6.45) is 3.90. The number of carbonyl (C=O) groups excluding carboxylic acids is 1. The maximum Gasteiger partial charge on any atom is 0.255 e. The topological polar surface area (TPSA) is 49.8 Å². The lowest BCUT2D eigenvalue weighted by Gasteiger charge is -2.26. The average Bonchev–Trinajstić information content (AvgIpc) is 2.80. The van der Waals surface area contributed by atoms with Gasteiger partial charge in [0.15, 0.2) is 0 Å². The van der Waals surface area contributed by atoms with E-state index in [-0.39, 0.29) is 5.91 Å². The minimum Gasteiger partial charge on any atom is -0.490 e. The summed E-state index contributed by atoms with van der Waals surface area (Å²) in [5.74, 6) is 0.597. The number of benzene rings is 1. The molecule has 20 heavy (non-hydrogen) atoms. The molecule has 1 aliphatic heterocycles. The smallest absolute Gasteiger partial charge is 0.255 e. The lowest BCUT2D eigenvalue weighted by Crippen LogP contribution is -2.29. The number of amides is 1. The number of carbonyl (C=O) groups is 1. The summed E-state index contributed by atoms with van der Waals surface area (Å²) in [5.41, 5.74) is 0.474. The molecule has 0 radical (unpaired) electrons. The monoisotopic (exact) mass is 295 g/mol. The highest BCUT2D eigenvalue weighted by Gasteiger charge is 2.27. The third kappa shape index (κ3) is 2.76. The molecular weight excluding hydrogens is 278 g/mol. The number of rotatable bonds is 3. The van der Waals surface area contributed by atoms with Gasteiger partial charge in [0.1, 0.15) is 5.75 Å². The van der Waals surface area contributed by atoms with Crippen LogP contribution in [0.3, 0.4) is 0 Å². The Bertz CT molecular complexity index is 516. The molecule has 1 atom stereocenters. The summed E-state index contributed by atoms with van der Waals surface area (Å²) in [6, 6.07) is 5.22. The third-order valence-corrected chi connectivity index (χ3v) is 4.29. The van der Waals surface area contributed by atoms with E-state index in [1.165, 1.54) is 6.42 Å². The predicted octanol–water partition coefficient (Wildman–Crippen LogP) is 2.48. The molecule has 108 valence electrons. The van der Waals surface area contributed by atoms with E-state index in [4.69, 9.17) is 16.3 Å². The summed E-state index contributed by atoms with van der Waals surface area (Å²) in [4.78, 5) is 13.9. The molecule has 5 heteroatoms. The van der Waals surface area contributed by atoms with Crippen molar-refractivity contribution in [3.63, 3.8) is 0 Å². The number of aliphatic hydroxyl groups excluding tert-OH is 1. The quantitative estimate of drug-likeness (QED) is 0.932. The van der Waals surface area contributed by atoms with E-state index >= 15 is 0 Å². The fourth-order valence-electron chi connectivity index (χ4n) is 2.52. The summed E-state index contributed by atoms with van der Waals surface area (Å²) in [5, 5.41) is 9.90. The van der Waals surface area contributed by atoms with E-state index in [0.29, 0.717) is 36.2 Å². The predicted molar refractivity (Wildman–Crippen MR) is 76.2 cm³/mol. The van der Waals surface area contributed by atoms with E-state index in [0.717, 1.165) is 18.6 Å².